The van der Waals surface area contributed by atoms with Crippen LogP contribution in [-0.2, 0) is 9.59 Å². The van der Waals surface area contributed by atoms with Crippen LogP contribution in [0.5, 0.6) is 0 Å². The maximum atomic E-state index is 12.4. The molecule has 2 amide bonds. The van der Waals surface area contributed by atoms with Gasteiger partial charge in [0.25, 0.3) is 5.91 Å². The maximum absolute atomic E-state index is 12.4. The van der Waals surface area contributed by atoms with Crippen LogP contribution in [0.3, 0.4) is 0 Å². The van der Waals surface area contributed by atoms with Crippen LogP contribution in [-0.4, -0.2) is 74.4 Å². The number of β-lactam (4-membered cyclic amide) rings is 1. The number of nitrogens with one attached hydrogen (secondary N) is 1. The number of carboxylic acid groups (broad SMARTS) is 1. The number of thiazole rings is 1. The zero-order valence-electron chi connectivity index (χ0n) is 17.7. The minimum Gasteiger partial charge on any atom is -0.477 e. The zero-order chi connectivity index (χ0) is 22.6. The molecule has 0 radical (unpaired) electrons. The van der Waals surface area contributed by atoms with Crippen LogP contribution >= 0.6 is 23.1 Å². The van der Waals surface area contributed by atoms with Crippen molar-refractivity contribution < 1.29 is 24.6 Å². The minimum atomic E-state index is -1.11. The van der Waals surface area contributed by atoms with Crippen LogP contribution in [0.2, 0.25) is 0 Å². The number of anilines is 1. The van der Waals surface area contributed by atoms with Crippen molar-refractivity contribution >= 4 is 46.0 Å². The Bertz CT molecular complexity index is 953. The fraction of sp³-hybridized carbons (Fsp3) is 0.600. The number of aliphatic hydroxyl groups is 1. The Morgan fingerprint density at radius 1 is 1.32 bits per heavy atom. The second-order valence-corrected chi connectivity index (χ2v) is 10.7. The van der Waals surface area contributed by atoms with E-state index in [1.165, 1.54) is 28.0 Å². The molecule has 31 heavy (non-hydrogen) atoms. The van der Waals surface area contributed by atoms with Gasteiger partial charge in [-0.2, -0.15) is 0 Å². The van der Waals surface area contributed by atoms with Gasteiger partial charge in [0.2, 0.25) is 5.91 Å². The average Bonchev–Trinajstić information content (AvgIpc) is 3.19. The molecule has 4 rings (SSSR count). The molecule has 0 bridgehead atoms. The largest absolute Gasteiger partial charge is 0.477 e. The van der Waals surface area contributed by atoms with Gasteiger partial charge in [-0.1, -0.05) is 6.92 Å². The lowest BCUT2D eigenvalue weighted by Gasteiger charge is -2.46. The summed E-state index contributed by atoms with van der Waals surface area (Å²) >= 11 is 2.91. The molecular formula is C20H26N4O5S2. The molecule has 0 aliphatic carbocycles. The highest BCUT2D eigenvalue weighted by molar-refractivity contribution is 8.03. The van der Waals surface area contributed by atoms with Crippen molar-refractivity contribution in [3.8, 4) is 0 Å². The Labute approximate surface area is 188 Å². The van der Waals surface area contributed by atoms with Crippen LogP contribution in [0.15, 0.2) is 16.0 Å². The highest BCUT2D eigenvalue weighted by Gasteiger charge is 2.60. The molecule has 168 valence electrons. The first-order valence-corrected chi connectivity index (χ1v) is 12.0. The molecular weight excluding hydrogens is 440 g/mol. The third-order valence-corrected chi connectivity index (χ3v) is 8.22. The molecule has 0 spiro atoms. The number of aliphatic hydroxyl groups excluding tert-OH is 1. The maximum Gasteiger partial charge on any atom is 0.353 e. The lowest BCUT2D eigenvalue weighted by molar-refractivity contribution is -0.163. The normalized spacial score (nSPS) is 26.6. The van der Waals surface area contributed by atoms with Crippen molar-refractivity contribution in [1.29, 1.82) is 0 Å². The van der Waals surface area contributed by atoms with E-state index >= 15 is 0 Å². The SMILES string of the molecule is CC(C)NC(=O)c1csc(N2CC(SC3=C(C(=O)O)N4C(=O)[C@H]([C@@H](C)O)[C@H]4[C@H]3C)C2)n1. The summed E-state index contributed by atoms with van der Waals surface area (Å²) in [6.07, 6.45) is -0.804. The first-order valence-electron chi connectivity index (χ1n) is 10.3. The van der Waals surface area contributed by atoms with Gasteiger partial charge in [-0.25, -0.2) is 9.78 Å². The summed E-state index contributed by atoms with van der Waals surface area (Å²) < 4.78 is 0. The number of carbonyl (C=O) groups is 3. The number of hydrogen-bond acceptors (Lipinski definition) is 8. The Kier molecular flexibility index (Phi) is 5.78. The molecule has 0 aromatic carbocycles. The average molecular weight is 467 g/mol. The number of aliphatic carboxylic acids is 1. The molecule has 2 saturated heterocycles. The molecule has 0 saturated carbocycles. The number of hydrogen-bond donors (Lipinski definition) is 3. The highest BCUT2D eigenvalue weighted by atomic mass is 32.2. The molecule has 0 unspecified atom stereocenters. The van der Waals surface area contributed by atoms with E-state index in [-0.39, 0.29) is 40.8 Å². The summed E-state index contributed by atoms with van der Waals surface area (Å²) in [5.41, 5.74) is 0.460. The molecule has 3 aliphatic rings. The topological polar surface area (TPSA) is 123 Å². The lowest BCUT2D eigenvalue weighted by atomic mass is 9.79. The van der Waals surface area contributed by atoms with Gasteiger partial charge >= 0.3 is 5.97 Å². The fourth-order valence-electron chi connectivity index (χ4n) is 4.38. The van der Waals surface area contributed by atoms with E-state index in [4.69, 9.17) is 0 Å². The Hall–Kier alpha value is -2.11. The van der Waals surface area contributed by atoms with Crippen molar-refractivity contribution in [2.75, 3.05) is 18.0 Å². The Morgan fingerprint density at radius 2 is 2.00 bits per heavy atom. The number of thioether (sulfide) groups is 1. The summed E-state index contributed by atoms with van der Waals surface area (Å²) in [5, 5.41) is 25.2. The van der Waals surface area contributed by atoms with Crippen LogP contribution in [0.25, 0.3) is 0 Å². The van der Waals surface area contributed by atoms with Gasteiger partial charge in [0.05, 0.1) is 18.1 Å². The minimum absolute atomic E-state index is 0.0406. The van der Waals surface area contributed by atoms with Gasteiger partial charge < -0.3 is 25.3 Å². The van der Waals surface area contributed by atoms with Crippen molar-refractivity contribution in [1.82, 2.24) is 15.2 Å². The molecule has 4 heterocycles. The van der Waals surface area contributed by atoms with Gasteiger partial charge in [-0.3, -0.25) is 9.59 Å². The van der Waals surface area contributed by atoms with Crippen LogP contribution in [0, 0.1) is 11.8 Å². The van der Waals surface area contributed by atoms with E-state index in [0.717, 1.165) is 5.13 Å². The predicted octanol–water partition coefficient (Wildman–Crippen LogP) is 1.36. The third-order valence-electron chi connectivity index (χ3n) is 5.87. The highest BCUT2D eigenvalue weighted by Crippen LogP contribution is 2.52. The summed E-state index contributed by atoms with van der Waals surface area (Å²) in [4.78, 5) is 45.0. The van der Waals surface area contributed by atoms with E-state index in [2.05, 4.69) is 15.2 Å². The zero-order valence-corrected chi connectivity index (χ0v) is 19.4. The van der Waals surface area contributed by atoms with Gasteiger partial charge in [0, 0.05) is 40.6 Å². The van der Waals surface area contributed by atoms with E-state index in [1.807, 2.05) is 20.8 Å². The monoisotopic (exact) mass is 466 g/mol. The fourth-order valence-corrected chi connectivity index (χ4v) is 6.72. The summed E-state index contributed by atoms with van der Waals surface area (Å²) in [7, 11) is 0. The van der Waals surface area contributed by atoms with Gasteiger partial charge in [-0.05, 0) is 20.8 Å². The summed E-state index contributed by atoms with van der Waals surface area (Å²) in [6.45, 7) is 8.66. The summed E-state index contributed by atoms with van der Waals surface area (Å²) in [5.74, 6) is -2.29. The smallest absolute Gasteiger partial charge is 0.353 e. The van der Waals surface area contributed by atoms with Gasteiger partial charge in [0.1, 0.15) is 11.4 Å². The molecule has 11 heteroatoms. The first-order chi connectivity index (χ1) is 14.6. The van der Waals surface area contributed by atoms with Crippen molar-refractivity contribution in [2.24, 2.45) is 11.8 Å². The van der Waals surface area contributed by atoms with Gasteiger partial charge in [0.15, 0.2) is 5.13 Å². The Morgan fingerprint density at radius 3 is 2.58 bits per heavy atom. The van der Waals surface area contributed by atoms with E-state index in [1.54, 1.807) is 12.3 Å². The van der Waals surface area contributed by atoms with Crippen LogP contribution in [0.1, 0.15) is 38.2 Å². The van der Waals surface area contributed by atoms with Crippen LogP contribution < -0.4 is 10.2 Å². The molecule has 1 aromatic rings. The van der Waals surface area contributed by atoms with Crippen molar-refractivity contribution in [2.45, 2.75) is 51.1 Å². The number of carbonyl (C=O) groups excluding carboxylic acids is 2. The molecule has 9 nitrogen and oxygen atoms in total. The molecule has 3 aliphatic heterocycles. The number of aromatic nitrogens is 1. The van der Waals surface area contributed by atoms with E-state index in [9.17, 15) is 24.6 Å². The second-order valence-electron chi connectivity index (χ2n) is 8.56. The number of amides is 2. The number of carboxylic acids is 1. The van der Waals surface area contributed by atoms with E-state index < -0.39 is 18.0 Å². The second kappa shape index (κ2) is 8.10. The summed E-state index contributed by atoms with van der Waals surface area (Å²) in [6, 6.07) is -0.253. The third kappa shape index (κ3) is 3.72. The number of rotatable bonds is 7. The number of nitrogens with zero attached hydrogens (tertiary/aromatic N) is 3. The molecule has 2 fully saturated rings. The molecule has 4 atom stereocenters. The predicted molar refractivity (Wildman–Crippen MR) is 118 cm³/mol. The number of fused-ring (bicyclic) bond motifs is 1. The first kappa shape index (κ1) is 22.1. The lowest BCUT2D eigenvalue weighted by Crippen LogP contribution is -2.63. The van der Waals surface area contributed by atoms with Gasteiger partial charge in [-0.15, -0.1) is 23.1 Å². The van der Waals surface area contributed by atoms with Crippen LogP contribution in [0.4, 0.5) is 5.13 Å². The Balaban J connectivity index is 1.41. The van der Waals surface area contributed by atoms with Crippen molar-refractivity contribution in [3.05, 3.63) is 21.7 Å². The molecule has 1 aromatic heterocycles. The quantitative estimate of drug-likeness (QED) is 0.515. The van der Waals surface area contributed by atoms with E-state index in [0.29, 0.717) is 23.7 Å². The van der Waals surface area contributed by atoms with Crippen molar-refractivity contribution in [3.63, 3.8) is 0 Å². The molecule has 3 N–H and O–H groups in total. The standard InChI is InChI=1S/C20H26N4O5S2/c1-8(2)21-17(26)12-7-30-20(22-12)23-5-11(6-23)31-16-9(3)14-13(10(4)25)18(27)24(14)15(16)19(28)29/h7-11,13-14,25H,5-6H2,1-4H3,(H,21,26)(H,28,29)/t9-,10-,13-,14-/m1/s1.